The molecule has 2 atom stereocenters. The minimum absolute atomic E-state index is 0.239. The van der Waals surface area contributed by atoms with Crippen LogP contribution in [0.1, 0.15) is 51.9 Å². The Kier molecular flexibility index (Phi) is 2.81. The Labute approximate surface area is 90.2 Å². The first kappa shape index (κ1) is 10.7. The second-order valence-electron chi connectivity index (χ2n) is 4.86. The molecule has 2 aliphatic carbocycles. The van der Waals surface area contributed by atoms with E-state index in [2.05, 4.69) is 0 Å². The maximum atomic E-state index is 11.5. The highest BCUT2D eigenvalue weighted by Crippen LogP contribution is 2.45. The summed E-state index contributed by atoms with van der Waals surface area (Å²) in [6.45, 7) is 1.44. The van der Waals surface area contributed by atoms with E-state index in [4.69, 9.17) is 4.74 Å². The standard InChI is InChI=1S/C12H18O3/c1-9(13)15-12-7-3-2-4-10(12)5-6-11(14)8-12/h10H,2-8H2,1H3/t10-,12-/m1/s1. The van der Waals surface area contributed by atoms with E-state index < -0.39 is 5.60 Å². The van der Waals surface area contributed by atoms with E-state index in [0.717, 1.165) is 25.7 Å². The molecule has 0 aromatic carbocycles. The summed E-state index contributed by atoms with van der Waals surface area (Å²) < 4.78 is 5.49. The molecule has 0 unspecified atom stereocenters. The molecule has 3 nitrogen and oxygen atoms in total. The number of Topliss-reactive ketones (excluding diaryl/α,β-unsaturated/α-hetero) is 1. The Morgan fingerprint density at radius 3 is 2.93 bits per heavy atom. The predicted octanol–water partition coefficient (Wildman–Crippen LogP) is 2.23. The summed E-state index contributed by atoms with van der Waals surface area (Å²) in [4.78, 5) is 22.6. The fourth-order valence-electron chi connectivity index (χ4n) is 3.14. The van der Waals surface area contributed by atoms with Gasteiger partial charge in [-0.15, -0.1) is 0 Å². The minimum Gasteiger partial charge on any atom is -0.458 e. The Hall–Kier alpha value is -0.860. The molecule has 2 aliphatic rings. The number of carbonyl (C=O) groups excluding carboxylic acids is 2. The van der Waals surface area contributed by atoms with E-state index in [1.54, 1.807) is 0 Å². The lowest BCUT2D eigenvalue weighted by Gasteiger charge is -2.45. The molecular formula is C12H18O3. The van der Waals surface area contributed by atoms with E-state index in [0.29, 0.717) is 18.8 Å². The van der Waals surface area contributed by atoms with Gasteiger partial charge in [-0.1, -0.05) is 6.42 Å². The van der Waals surface area contributed by atoms with Crippen molar-refractivity contribution in [3.05, 3.63) is 0 Å². The maximum Gasteiger partial charge on any atom is 0.303 e. The Morgan fingerprint density at radius 1 is 1.40 bits per heavy atom. The SMILES string of the molecule is CC(=O)O[C@@]12CCCC[C@@H]1CCC(=O)C2. The Bertz CT molecular complexity index is 281. The highest BCUT2D eigenvalue weighted by atomic mass is 16.6. The molecule has 0 aromatic rings. The van der Waals surface area contributed by atoms with Gasteiger partial charge in [-0.3, -0.25) is 9.59 Å². The van der Waals surface area contributed by atoms with Crippen LogP contribution in [0.2, 0.25) is 0 Å². The van der Waals surface area contributed by atoms with Crippen LogP contribution in [-0.2, 0) is 14.3 Å². The van der Waals surface area contributed by atoms with Gasteiger partial charge in [0.05, 0.1) is 0 Å². The summed E-state index contributed by atoms with van der Waals surface area (Å²) in [6.07, 6.45) is 6.32. The third-order valence-corrected chi connectivity index (χ3v) is 3.76. The van der Waals surface area contributed by atoms with Gasteiger partial charge in [0.25, 0.3) is 0 Å². The van der Waals surface area contributed by atoms with Crippen LogP contribution in [0, 0.1) is 5.92 Å². The monoisotopic (exact) mass is 210 g/mol. The summed E-state index contributed by atoms with van der Waals surface area (Å²) in [5.41, 5.74) is -0.431. The van der Waals surface area contributed by atoms with Crippen molar-refractivity contribution in [1.29, 1.82) is 0 Å². The number of carbonyl (C=O) groups is 2. The molecule has 2 saturated carbocycles. The topological polar surface area (TPSA) is 43.4 Å². The molecule has 3 heteroatoms. The number of esters is 1. The number of ketones is 1. The number of hydrogen-bond acceptors (Lipinski definition) is 3. The van der Waals surface area contributed by atoms with Crippen molar-refractivity contribution in [2.45, 2.75) is 57.5 Å². The molecule has 84 valence electrons. The molecule has 0 heterocycles. The van der Waals surface area contributed by atoms with Crippen LogP contribution < -0.4 is 0 Å². The van der Waals surface area contributed by atoms with Crippen molar-refractivity contribution < 1.29 is 14.3 Å². The molecule has 0 spiro atoms. The van der Waals surface area contributed by atoms with Crippen LogP contribution in [0.4, 0.5) is 0 Å². The van der Waals surface area contributed by atoms with Crippen molar-refractivity contribution in [2.75, 3.05) is 0 Å². The van der Waals surface area contributed by atoms with Gasteiger partial charge in [0.2, 0.25) is 0 Å². The van der Waals surface area contributed by atoms with Gasteiger partial charge in [-0.2, -0.15) is 0 Å². The van der Waals surface area contributed by atoms with E-state index >= 15 is 0 Å². The highest BCUT2D eigenvalue weighted by molar-refractivity contribution is 5.81. The van der Waals surface area contributed by atoms with E-state index in [1.165, 1.54) is 13.3 Å². The van der Waals surface area contributed by atoms with Crippen molar-refractivity contribution in [3.63, 3.8) is 0 Å². The third-order valence-electron chi connectivity index (χ3n) is 3.76. The summed E-state index contributed by atoms with van der Waals surface area (Å²) in [5, 5.41) is 0. The van der Waals surface area contributed by atoms with E-state index in [-0.39, 0.29) is 11.8 Å². The largest absolute Gasteiger partial charge is 0.458 e. The molecule has 0 aliphatic heterocycles. The van der Waals surface area contributed by atoms with Crippen LogP contribution in [0.3, 0.4) is 0 Å². The number of fused-ring (bicyclic) bond motifs is 1. The molecule has 2 rings (SSSR count). The predicted molar refractivity (Wildman–Crippen MR) is 55.3 cm³/mol. The van der Waals surface area contributed by atoms with Gasteiger partial charge < -0.3 is 4.74 Å². The number of ether oxygens (including phenoxy) is 1. The van der Waals surface area contributed by atoms with Crippen molar-refractivity contribution in [2.24, 2.45) is 5.92 Å². The average Bonchev–Trinajstić information content (AvgIpc) is 2.15. The fraction of sp³-hybridized carbons (Fsp3) is 0.833. The van der Waals surface area contributed by atoms with Gasteiger partial charge in [-0.25, -0.2) is 0 Å². The minimum atomic E-state index is -0.431. The fourth-order valence-corrected chi connectivity index (χ4v) is 3.14. The second-order valence-corrected chi connectivity index (χ2v) is 4.86. The highest BCUT2D eigenvalue weighted by Gasteiger charge is 2.47. The summed E-state index contributed by atoms with van der Waals surface area (Å²) in [6, 6.07) is 0. The van der Waals surface area contributed by atoms with Gasteiger partial charge in [0, 0.05) is 19.8 Å². The van der Waals surface area contributed by atoms with Gasteiger partial charge in [-0.05, 0) is 31.6 Å². The number of hydrogen-bond donors (Lipinski definition) is 0. The summed E-state index contributed by atoms with van der Waals surface area (Å²) >= 11 is 0. The smallest absolute Gasteiger partial charge is 0.303 e. The van der Waals surface area contributed by atoms with Crippen LogP contribution >= 0.6 is 0 Å². The molecule has 0 saturated heterocycles. The maximum absolute atomic E-state index is 11.5. The normalized spacial score (nSPS) is 35.8. The van der Waals surface area contributed by atoms with Gasteiger partial charge >= 0.3 is 5.97 Å². The molecule has 0 aromatic heterocycles. The molecule has 2 fully saturated rings. The molecule has 15 heavy (non-hydrogen) atoms. The van der Waals surface area contributed by atoms with Crippen LogP contribution in [0.15, 0.2) is 0 Å². The first-order valence-electron chi connectivity index (χ1n) is 5.84. The molecule has 0 radical (unpaired) electrons. The zero-order valence-corrected chi connectivity index (χ0v) is 9.25. The van der Waals surface area contributed by atoms with Gasteiger partial charge in [0.15, 0.2) is 0 Å². The van der Waals surface area contributed by atoms with Crippen LogP contribution in [-0.4, -0.2) is 17.4 Å². The quantitative estimate of drug-likeness (QED) is 0.623. The van der Waals surface area contributed by atoms with Crippen molar-refractivity contribution in [1.82, 2.24) is 0 Å². The first-order valence-corrected chi connectivity index (χ1v) is 5.84. The van der Waals surface area contributed by atoms with E-state index in [1.807, 2.05) is 0 Å². The summed E-state index contributed by atoms with van der Waals surface area (Å²) in [5.74, 6) is 0.443. The lowest BCUT2D eigenvalue weighted by Crippen LogP contribution is -2.49. The first-order chi connectivity index (χ1) is 7.12. The van der Waals surface area contributed by atoms with Crippen molar-refractivity contribution in [3.8, 4) is 0 Å². The third kappa shape index (κ3) is 2.06. The molecule has 0 N–H and O–H groups in total. The van der Waals surface area contributed by atoms with Crippen molar-refractivity contribution >= 4 is 11.8 Å². The Balaban J connectivity index is 2.18. The zero-order valence-electron chi connectivity index (χ0n) is 9.25. The van der Waals surface area contributed by atoms with Gasteiger partial charge in [0.1, 0.15) is 11.4 Å². The second kappa shape index (κ2) is 3.95. The average molecular weight is 210 g/mol. The van der Waals surface area contributed by atoms with Crippen LogP contribution in [0.25, 0.3) is 0 Å². The lowest BCUT2D eigenvalue weighted by molar-refractivity contribution is -0.175. The van der Waals surface area contributed by atoms with E-state index in [9.17, 15) is 9.59 Å². The Morgan fingerprint density at radius 2 is 2.20 bits per heavy atom. The molecule has 0 amide bonds. The summed E-state index contributed by atoms with van der Waals surface area (Å²) in [7, 11) is 0. The number of rotatable bonds is 1. The molecule has 0 bridgehead atoms. The zero-order chi connectivity index (χ0) is 10.9. The van der Waals surface area contributed by atoms with Crippen LogP contribution in [0.5, 0.6) is 0 Å². The molecular weight excluding hydrogens is 192 g/mol. The lowest BCUT2D eigenvalue weighted by atomic mass is 9.67.